The Morgan fingerprint density at radius 1 is 0.743 bits per heavy atom. The number of hydrogen-bond donors (Lipinski definition) is 2. The molecule has 0 aliphatic carbocycles. The molecular formula is C24H16BrCl2NO7. The lowest BCUT2D eigenvalue weighted by Gasteiger charge is -2.24. The van der Waals surface area contributed by atoms with Gasteiger partial charge in [-0.1, -0.05) is 35.3 Å². The van der Waals surface area contributed by atoms with Crippen LogP contribution in [0.1, 0.15) is 20.7 Å². The van der Waals surface area contributed by atoms with Gasteiger partial charge < -0.3 is 19.9 Å². The number of halogens is 3. The molecule has 2 N–H and O–H groups in total. The standard InChI is InChI=1S/C24H16BrCl2NO7/c25-17-3-1-2-4-18(17)28-21(29)19(34-23(32)13-5-9-15(26)10-6-13)20(22(30)31)35-24(33)14-7-11-16(27)12-8-14/h1-12,19-20H,(H,28,29)(H,30,31)/t19-,20-/m0/s1. The van der Waals surface area contributed by atoms with E-state index in [1.807, 2.05) is 0 Å². The summed E-state index contributed by atoms with van der Waals surface area (Å²) in [5.74, 6) is -4.82. The molecule has 0 unspecified atom stereocenters. The van der Waals surface area contributed by atoms with Crippen LogP contribution in [0.5, 0.6) is 0 Å². The molecular weight excluding hydrogens is 565 g/mol. The van der Waals surface area contributed by atoms with E-state index in [4.69, 9.17) is 32.7 Å². The molecule has 0 aromatic heterocycles. The Balaban J connectivity index is 1.91. The Morgan fingerprint density at radius 2 is 1.20 bits per heavy atom. The van der Waals surface area contributed by atoms with Gasteiger partial charge in [0.05, 0.1) is 16.8 Å². The molecule has 0 aliphatic heterocycles. The zero-order valence-corrected chi connectivity index (χ0v) is 20.7. The number of para-hydroxylation sites is 1. The Morgan fingerprint density at radius 3 is 1.66 bits per heavy atom. The van der Waals surface area contributed by atoms with E-state index in [1.165, 1.54) is 54.6 Å². The summed E-state index contributed by atoms with van der Waals surface area (Å²) in [6.07, 6.45) is -4.21. The van der Waals surface area contributed by atoms with Crippen LogP contribution in [0.25, 0.3) is 0 Å². The lowest BCUT2D eigenvalue weighted by molar-refractivity contribution is -0.157. The number of aliphatic carboxylic acids is 1. The van der Waals surface area contributed by atoms with E-state index in [-0.39, 0.29) is 16.8 Å². The third-order valence-corrected chi connectivity index (χ3v) is 5.73. The number of benzene rings is 3. The lowest BCUT2D eigenvalue weighted by atomic mass is 10.1. The second-order valence-electron chi connectivity index (χ2n) is 6.97. The summed E-state index contributed by atoms with van der Waals surface area (Å²) in [6.45, 7) is 0. The molecule has 180 valence electrons. The molecule has 0 aliphatic rings. The second-order valence-corrected chi connectivity index (χ2v) is 8.70. The van der Waals surface area contributed by atoms with Gasteiger partial charge in [0.15, 0.2) is 0 Å². The fourth-order valence-electron chi connectivity index (χ4n) is 2.80. The average molecular weight is 581 g/mol. The van der Waals surface area contributed by atoms with Crippen LogP contribution in [0.3, 0.4) is 0 Å². The van der Waals surface area contributed by atoms with Gasteiger partial charge >= 0.3 is 17.9 Å². The molecule has 8 nitrogen and oxygen atoms in total. The second kappa shape index (κ2) is 11.8. The highest BCUT2D eigenvalue weighted by Gasteiger charge is 2.41. The SMILES string of the molecule is O=C(O[C@H](C(=O)O)[C@H](OC(=O)c1ccc(Cl)cc1)C(=O)Nc1ccccc1Br)c1ccc(Cl)cc1. The van der Waals surface area contributed by atoms with E-state index in [1.54, 1.807) is 18.2 Å². The van der Waals surface area contributed by atoms with E-state index in [0.717, 1.165) is 0 Å². The normalized spacial score (nSPS) is 12.2. The number of anilines is 1. The summed E-state index contributed by atoms with van der Waals surface area (Å²) in [6, 6.07) is 17.5. The van der Waals surface area contributed by atoms with Crippen molar-refractivity contribution in [2.24, 2.45) is 0 Å². The highest BCUT2D eigenvalue weighted by molar-refractivity contribution is 9.10. The maximum absolute atomic E-state index is 13.1. The quantitative estimate of drug-likeness (QED) is 0.350. The maximum atomic E-state index is 13.1. The van der Waals surface area contributed by atoms with E-state index >= 15 is 0 Å². The predicted octanol–water partition coefficient (Wildman–Crippen LogP) is 5.23. The average Bonchev–Trinajstić information content (AvgIpc) is 2.83. The predicted molar refractivity (Wildman–Crippen MR) is 132 cm³/mol. The number of ether oxygens (including phenoxy) is 2. The van der Waals surface area contributed by atoms with E-state index < -0.39 is 36.0 Å². The molecule has 3 aromatic carbocycles. The highest BCUT2D eigenvalue weighted by Crippen LogP contribution is 2.23. The molecule has 35 heavy (non-hydrogen) atoms. The smallest absolute Gasteiger partial charge is 0.349 e. The number of rotatable bonds is 8. The Hall–Kier alpha value is -3.40. The summed E-state index contributed by atoms with van der Waals surface area (Å²) >= 11 is 14.9. The molecule has 0 bridgehead atoms. The number of carboxylic acid groups (broad SMARTS) is 1. The van der Waals surface area contributed by atoms with Crippen molar-refractivity contribution in [2.75, 3.05) is 5.32 Å². The number of esters is 2. The molecule has 0 saturated heterocycles. The molecule has 0 spiro atoms. The number of amides is 1. The summed E-state index contributed by atoms with van der Waals surface area (Å²) in [4.78, 5) is 50.4. The van der Waals surface area contributed by atoms with Gasteiger partial charge in [0.1, 0.15) is 0 Å². The van der Waals surface area contributed by atoms with Crippen molar-refractivity contribution in [1.29, 1.82) is 0 Å². The lowest BCUT2D eigenvalue weighted by Crippen LogP contribution is -2.48. The van der Waals surface area contributed by atoms with Crippen LogP contribution in [-0.2, 0) is 19.1 Å². The van der Waals surface area contributed by atoms with Gasteiger partial charge in [-0.3, -0.25) is 4.79 Å². The number of nitrogens with one attached hydrogen (secondary N) is 1. The molecule has 3 rings (SSSR count). The number of hydrogen-bond acceptors (Lipinski definition) is 6. The van der Waals surface area contributed by atoms with Gasteiger partial charge in [-0.25, -0.2) is 14.4 Å². The van der Waals surface area contributed by atoms with Crippen molar-refractivity contribution in [3.8, 4) is 0 Å². The zero-order valence-electron chi connectivity index (χ0n) is 17.6. The van der Waals surface area contributed by atoms with Gasteiger partial charge in [0, 0.05) is 14.5 Å². The van der Waals surface area contributed by atoms with E-state index in [2.05, 4.69) is 21.2 Å². The number of carbonyl (C=O) groups excluding carboxylic acids is 3. The van der Waals surface area contributed by atoms with Gasteiger partial charge in [-0.2, -0.15) is 0 Å². The van der Waals surface area contributed by atoms with Crippen LogP contribution in [0.4, 0.5) is 5.69 Å². The van der Waals surface area contributed by atoms with Crippen molar-refractivity contribution in [2.45, 2.75) is 12.2 Å². The van der Waals surface area contributed by atoms with Gasteiger partial charge in [0.25, 0.3) is 5.91 Å². The van der Waals surface area contributed by atoms with Crippen molar-refractivity contribution in [3.05, 3.63) is 98.4 Å². The van der Waals surface area contributed by atoms with Crippen molar-refractivity contribution >= 4 is 68.6 Å². The number of carbonyl (C=O) groups is 4. The Kier molecular flexibility index (Phi) is 8.86. The largest absolute Gasteiger partial charge is 0.478 e. The summed E-state index contributed by atoms with van der Waals surface area (Å²) in [5.41, 5.74) is 0.258. The summed E-state index contributed by atoms with van der Waals surface area (Å²) < 4.78 is 10.8. The van der Waals surface area contributed by atoms with Crippen LogP contribution < -0.4 is 5.32 Å². The number of carboxylic acids is 1. The molecule has 0 heterocycles. The van der Waals surface area contributed by atoms with E-state index in [9.17, 15) is 24.3 Å². The van der Waals surface area contributed by atoms with Crippen molar-refractivity contribution < 1.29 is 33.8 Å². The molecule has 0 saturated carbocycles. The van der Waals surface area contributed by atoms with Crippen molar-refractivity contribution in [1.82, 2.24) is 0 Å². The minimum atomic E-state index is -2.17. The van der Waals surface area contributed by atoms with Gasteiger partial charge in [-0.15, -0.1) is 0 Å². The molecule has 1 amide bonds. The first kappa shape index (κ1) is 26.2. The zero-order chi connectivity index (χ0) is 25.5. The molecule has 11 heteroatoms. The minimum absolute atomic E-state index is 0.00117. The van der Waals surface area contributed by atoms with Gasteiger partial charge in [-0.05, 0) is 76.6 Å². The van der Waals surface area contributed by atoms with Crippen LogP contribution >= 0.6 is 39.1 Å². The third-order valence-electron chi connectivity index (χ3n) is 4.54. The molecule has 3 aromatic rings. The maximum Gasteiger partial charge on any atom is 0.349 e. The molecule has 0 radical (unpaired) electrons. The highest BCUT2D eigenvalue weighted by atomic mass is 79.9. The third kappa shape index (κ3) is 7.05. The van der Waals surface area contributed by atoms with Crippen molar-refractivity contribution in [3.63, 3.8) is 0 Å². The Bertz CT molecular complexity index is 1250. The fraction of sp³-hybridized carbons (Fsp3) is 0.0833. The van der Waals surface area contributed by atoms with E-state index in [0.29, 0.717) is 14.5 Å². The topological polar surface area (TPSA) is 119 Å². The van der Waals surface area contributed by atoms with Gasteiger partial charge in [0.2, 0.25) is 12.2 Å². The first-order valence-corrected chi connectivity index (χ1v) is 11.4. The molecule has 2 atom stereocenters. The summed E-state index contributed by atoms with van der Waals surface area (Å²) in [7, 11) is 0. The minimum Gasteiger partial charge on any atom is -0.478 e. The fourth-order valence-corrected chi connectivity index (χ4v) is 3.44. The Labute approximate surface area is 217 Å². The molecule has 0 fully saturated rings. The van der Waals surface area contributed by atoms with Crippen LogP contribution in [0, 0.1) is 0 Å². The van der Waals surface area contributed by atoms with Crippen LogP contribution in [0.15, 0.2) is 77.3 Å². The first-order valence-electron chi connectivity index (χ1n) is 9.87. The van der Waals surface area contributed by atoms with Crippen LogP contribution in [-0.4, -0.2) is 41.1 Å². The monoisotopic (exact) mass is 579 g/mol. The van der Waals surface area contributed by atoms with Crippen LogP contribution in [0.2, 0.25) is 10.0 Å². The summed E-state index contributed by atoms with van der Waals surface area (Å²) in [5, 5.41) is 13.0. The first-order chi connectivity index (χ1) is 16.7.